The second-order valence-electron chi connectivity index (χ2n) is 3.77. The van der Waals surface area contributed by atoms with E-state index in [9.17, 15) is 4.79 Å². The van der Waals surface area contributed by atoms with Crippen LogP contribution >= 0.6 is 0 Å². The minimum atomic E-state index is -0.220. The third kappa shape index (κ3) is 3.90. The monoisotopic (exact) mass is 234 g/mol. The summed E-state index contributed by atoms with van der Waals surface area (Å²) < 4.78 is 4.83. The van der Waals surface area contributed by atoms with Crippen molar-refractivity contribution in [1.82, 2.24) is 4.98 Å². The van der Waals surface area contributed by atoms with Crippen molar-refractivity contribution >= 4 is 17.9 Å². The average molecular weight is 234 g/mol. The van der Waals surface area contributed by atoms with E-state index >= 15 is 0 Å². The Morgan fingerprint density at radius 3 is 2.82 bits per heavy atom. The van der Waals surface area contributed by atoms with E-state index in [1.165, 1.54) is 0 Å². The number of anilines is 1. The molecular weight excluding hydrogens is 216 g/mol. The number of nitrogen functional groups attached to an aromatic ring is 1. The number of aryl methyl sites for hydroxylation is 2. The minimum absolute atomic E-state index is 0.220. The number of nitrogens with two attached hydrogens (primary N) is 1. The van der Waals surface area contributed by atoms with Crippen LogP contribution in [-0.2, 0) is 9.53 Å². The second kappa shape index (κ2) is 6.03. The van der Waals surface area contributed by atoms with E-state index in [2.05, 4.69) is 4.98 Å². The summed E-state index contributed by atoms with van der Waals surface area (Å²) in [4.78, 5) is 15.3. The van der Waals surface area contributed by atoms with Gasteiger partial charge in [-0.1, -0.05) is 12.2 Å². The standard InChI is InChI=1S/C13H18N2O2/c1-4-17-13(16)7-5-6-11-9(2)8-12(14)15-10(11)3/h5-6,8H,4,7H2,1-3H3,(H2,14,15). The largest absolute Gasteiger partial charge is 0.466 e. The number of nitrogens with zero attached hydrogens (tertiary/aromatic N) is 1. The van der Waals surface area contributed by atoms with Gasteiger partial charge in [0.1, 0.15) is 5.82 Å². The summed E-state index contributed by atoms with van der Waals surface area (Å²) in [5, 5.41) is 0. The van der Waals surface area contributed by atoms with Gasteiger partial charge in [0, 0.05) is 5.69 Å². The van der Waals surface area contributed by atoms with E-state index in [0.717, 1.165) is 16.8 Å². The Balaban J connectivity index is 2.75. The molecular formula is C13H18N2O2. The van der Waals surface area contributed by atoms with E-state index in [1.54, 1.807) is 13.0 Å². The maximum absolute atomic E-state index is 11.1. The van der Waals surface area contributed by atoms with E-state index in [1.807, 2.05) is 26.0 Å². The molecule has 0 aliphatic carbocycles. The van der Waals surface area contributed by atoms with Crippen LogP contribution in [0.5, 0.6) is 0 Å². The Bertz CT molecular complexity index is 416. The lowest BCUT2D eigenvalue weighted by Crippen LogP contribution is -2.01. The number of rotatable bonds is 4. The van der Waals surface area contributed by atoms with Crippen LogP contribution in [0.1, 0.15) is 30.2 Å². The molecule has 0 bridgehead atoms. The second-order valence-corrected chi connectivity index (χ2v) is 3.77. The molecule has 0 unspecified atom stereocenters. The first-order valence-corrected chi connectivity index (χ1v) is 5.60. The van der Waals surface area contributed by atoms with Crippen LogP contribution in [0, 0.1) is 13.8 Å². The van der Waals surface area contributed by atoms with Crippen molar-refractivity contribution in [3.63, 3.8) is 0 Å². The quantitative estimate of drug-likeness (QED) is 0.811. The van der Waals surface area contributed by atoms with Gasteiger partial charge in [-0.15, -0.1) is 0 Å². The highest BCUT2D eigenvalue weighted by Gasteiger charge is 2.02. The highest BCUT2D eigenvalue weighted by Crippen LogP contribution is 2.16. The molecule has 0 radical (unpaired) electrons. The first-order chi connectivity index (χ1) is 8.04. The number of carbonyl (C=O) groups is 1. The summed E-state index contributed by atoms with van der Waals surface area (Å²) in [5.41, 5.74) is 8.55. The van der Waals surface area contributed by atoms with Crippen LogP contribution in [0.4, 0.5) is 5.82 Å². The van der Waals surface area contributed by atoms with E-state index in [0.29, 0.717) is 12.4 Å². The van der Waals surface area contributed by atoms with E-state index in [-0.39, 0.29) is 12.4 Å². The molecule has 1 heterocycles. The Labute approximate surface area is 101 Å². The number of ether oxygens (including phenoxy) is 1. The summed E-state index contributed by atoms with van der Waals surface area (Å²) in [5.74, 6) is 0.296. The lowest BCUT2D eigenvalue weighted by Gasteiger charge is -2.05. The maximum Gasteiger partial charge on any atom is 0.309 e. The van der Waals surface area contributed by atoms with Crippen molar-refractivity contribution < 1.29 is 9.53 Å². The van der Waals surface area contributed by atoms with Crippen LogP contribution < -0.4 is 5.73 Å². The van der Waals surface area contributed by atoms with Crippen LogP contribution in [0.25, 0.3) is 6.08 Å². The average Bonchev–Trinajstić information content (AvgIpc) is 2.22. The fraction of sp³-hybridized carbons (Fsp3) is 0.385. The lowest BCUT2D eigenvalue weighted by atomic mass is 10.1. The van der Waals surface area contributed by atoms with Crippen LogP contribution in [-0.4, -0.2) is 17.6 Å². The number of aromatic nitrogens is 1. The molecule has 0 aliphatic rings. The van der Waals surface area contributed by atoms with Gasteiger partial charge in [-0.2, -0.15) is 0 Å². The van der Waals surface area contributed by atoms with Gasteiger partial charge in [0.15, 0.2) is 0 Å². The zero-order chi connectivity index (χ0) is 12.8. The molecule has 1 rings (SSSR count). The van der Waals surface area contributed by atoms with Gasteiger partial charge in [-0.25, -0.2) is 4.98 Å². The normalized spacial score (nSPS) is 10.8. The van der Waals surface area contributed by atoms with Crippen LogP contribution in [0.3, 0.4) is 0 Å². The van der Waals surface area contributed by atoms with Crippen molar-refractivity contribution in [3.05, 3.63) is 29.0 Å². The van der Waals surface area contributed by atoms with Crippen molar-refractivity contribution in [2.75, 3.05) is 12.3 Å². The molecule has 0 saturated heterocycles. The predicted molar refractivity (Wildman–Crippen MR) is 68.4 cm³/mol. The fourth-order valence-electron chi connectivity index (χ4n) is 1.62. The zero-order valence-electron chi connectivity index (χ0n) is 10.5. The number of carbonyl (C=O) groups excluding carboxylic acids is 1. The van der Waals surface area contributed by atoms with Crippen molar-refractivity contribution in [2.45, 2.75) is 27.2 Å². The first kappa shape index (κ1) is 13.2. The van der Waals surface area contributed by atoms with Crippen molar-refractivity contribution in [2.24, 2.45) is 0 Å². The number of pyridine rings is 1. The van der Waals surface area contributed by atoms with E-state index < -0.39 is 0 Å². The van der Waals surface area contributed by atoms with Crippen LogP contribution in [0.15, 0.2) is 12.1 Å². The van der Waals surface area contributed by atoms with Gasteiger partial charge < -0.3 is 10.5 Å². The summed E-state index contributed by atoms with van der Waals surface area (Å²) in [6.07, 6.45) is 3.94. The fourth-order valence-corrected chi connectivity index (χ4v) is 1.62. The van der Waals surface area contributed by atoms with Gasteiger partial charge in [0.25, 0.3) is 0 Å². The lowest BCUT2D eigenvalue weighted by molar-refractivity contribution is -0.142. The Kier molecular flexibility index (Phi) is 4.69. The molecule has 1 aromatic heterocycles. The number of hydrogen-bond donors (Lipinski definition) is 1. The molecule has 0 amide bonds. The predicted octanol–water partition coefficient (Wildman–Crippen LogP) is 2.25. The maximum atomic E-state index is 11.1. The summed E-state index contributed by atoms with van der Waals surface area (Å²) >= 11 is 0. The highest BCUT2D eigenvalue weighted by molar-refractivity contribution is 5.73. The summed E-state index contributed by atoms with van der Waals surface area (Å²) in [6, 6.07) is 1.82. The summed E-state index contributed by atoms with van der Waals surface area (Å²) in [6.45, 7) is 6.07. The molecule has 1 aromatic rings. The molecule has 0 atom stereocenters. The SMILES string of the molecule is CCOC(=O)CC=Cc1c(C)cc(N)nc1C. The van der Waals surface area contributed by atoms with E-state index in [4.69, 9.17) is 10.5 Å². The highest BCUT2D eigenvalue weighted by atomic mass is 16.5. The Hall–Kier alpha value is -1.84. The van der Waals surface area contributed by atoms with Crippen LogP contribution in [0.2, 0.25) is 0 Å². The molecule has 0 saturated carbocycles. The van der Waals surface area contributed by atoms with Gasteiger partial charge in [-0.3, -0.25) is 4.79 Å². The zero-order valence-corrected chi connectivity index (χ0v) is 10.5. The summed E-state index contributed by atoms with van der Waals surface area (Å²) in [7, 11) is 0. The molecule has 0 aliphatic heterocycles. The third-order valence-corrected chi connectivity index (χ3v) is 2.35. The molecule has 17 heavy (non-hydrogen) atoms. The van der Waals surface area contributed by atoms with Gasteiger partial charge >= 0.3 is 5.97 Å². The topological polar surface area (TPSA) is 65.2 Å². The first-order valence-electron chi connectivity index (χ1n) is 5.60. The Morgan fingerprint density at radius 1 is 1.53 bits per heavy atom. The smallest absolute Gasteiger partial charge is 0.309 e. The van der Waals surface area contributed by atoms with Gasteiger partial charge in [0.2, 0.25) is 0 Å². The van der Waals surface area contributed by atoms with Crippen molar-refractivity contribution in [1.29, 1.82) is 0 Å². The molecule has 4 heteroatoms. The number of esters is 1. The minimum Gasteiger partial charge on any atom is -0.466 e. The molecule has 0 aromatic carbocycles. The molecule has 4 nitrogen and oxygen atoms in total. The molecule has 0 fully saturated rings. The van der Waals surface area contributed by atoms with Gasteiger partial charge in [-0.05, 0) is 38.0 Å². The molecule has 0 spiro atoms. The molecule has 92 valence electrons. The van der Waals surface area contributed by atoms with Crippen molar-refractivity contribution in [3.8, 4) is 0 Å². The Morgan fingerprint density at radius 2 is 2.24 bits per heavy atom. The third-order valence-electron chi connectivity index (χ3n) is 2.35. The molecule has 2 N–H and O–H groups in total. The van der Waals surface area contributed by atoms with Gasteiger partial charge in [0.05, 0.1) is 13.0 Å². The number of hydrogen-bond acceptors (Lipinski definition) is 4.